The maximum absolute atomic E-state index is 12.8. The summed E-state index contributed by atoms with van der Waals surface area (Å²) in [5, 5.41) is 0. The molecule has 0 aliphatic heterocycles. The maximum Gasteiger partial charge on any atom is 0.261 e. The smallest absolute Gasteiger partial charge is 0.261 e. The van der Waals surface area contributed by atoms with Gasteiger partial charge in [0.05, 0.1) is 5.69 Å². The molecule has 1 fully saturated rings. The third-order valence-electron chi connectivity index (χ3n) is 4.97. The van der Waals surface area contributed by atoms with Crippen LogP contribution >= 0.6 is 0 Å². The first kappa shape index (κ1) is 15.0. The number of hydrogen-bond donors (Lipinski definition) is 0. The van der Waals surface area contributed by atoms with Gasteiger partial charge in [0, 0.05) is 17.2 Å². The van der Waals surface area contributed by atoms with Gasteiger partial charge in [-0.05, 0) is 44.7 Å². The van der Waals surface area contributed by atoms with Gasteiger partial charge in [-0.2, -0.15) is 0 Å². The van der Waals surface area contributed by atoms with Crippen LogP contribution in [0.4, 0.5) is 0 Å². The van der Waals surface area contributed by atoms with Gasteiger partial charge in [0.25, 0.3) is 5.56 Å². The number of aryl methyl sites for hydroxylation is 1. The molecule has 1 aromatic carbocycles. The van der Waals surface area contributed by atoms with Crippen LogP contribution in [0.15, 0.2) is 35.1 Å². The van der Waals surface area contributed by atoms with E-state index in [0.29, 0.717) is 5.92 Å². The zero-order valence-corrected chi connectivity index (χ0v) is 13.7. The summed E-state index contributed by atoms with van der Waals surface area (Å²) >= 11 is 0. The summed E-state index contributed by atoms with van der Waals surface area (Å²) in [4.78, 5) is 17.7. The van der Waals surface area contributed by atoms with E-state index in [4.69, 9.17) is 4.98 Å². The molecule has 1 aromatic heterocycles. The van der Waals surface area contributed by atoms with Gasteiger partial charge in [-0.3, -0.25) is 9.36 Å². The third kappa shape index (κ3) is 2.72. The molecule has 3 nitrogen and oxygen atoms in total. The fraction of sp³-hybridized carbons (Fsp3) is 0.474. The van der Waals surface area contributed by atoms with Crippen LogP contribution in [0.2, 0.25) is 0 Å². The molecular formula is C19H24N2O. The summed E-state index contributed by atoms with van der Waals surface area (Å²) in [6.45, 7) is 6.13. The summed E-state index contributed by atoms with van der Waals surface area (Å²) < 4.78 is 1.84. The van der Waals surface area contributed by atoms with E-state index in [2.05, 4.69) is 6.92 Å². The Bertz CT molecular complexity index is 710. The molecule has 0 amide bonds. The number of benzene rings is 1. The lowest BCUT2D eigenvalue weighted by Gasteiger charge is -2.28. The largest absolute Gasteiger partial charge is 0.269 e. The van der Waals surface area contributed by atoms with Gasteiger partial charge in [-0.15, -0.1) is 0 Å². The molecule has 0 spiro atoms. The van der Waals surface area contributed by atoms with Crippen molar-refractivity contribution in [2.75, 3.05) is 0 Å². The van der Waals surface area contributed by atoms with Crippen molar-refractivity contribution in [2.24, 2.45) is 5.92 Å². The quantitative estimate of drug-likeness (QED) is 0.834. The zero-order valence-electron chi connectivity index (χ0n) is 13.7. The van der Waals surface area contributed by atoms with E-state index in [1.807, 2.05) is 48.7 Å². The molecule has 1 saturated carbocycles. The maximum atomic E-state index is 12.8. The first-order valence-electron chi connectivity index (χ1n) is 8.23. The van der Waals surface area contributed by atoms with Crippen LogP contribution in [0.25, 0.3) is 5.69 Å². The molecule has 0 radical (unpaired) electrons. The summed E-state index contributed by atoms with van der Waals surface area (Å²) in [6, 6.07) is 9.91. The minimum absolute atomic E-state index is 0.0762. The number of aromatic nitrogens is 2. The molecule has 3 heteroatoms. The summed E-state index contributed by atoms with van der Waals surface area (Å²) in [6.07, 6.45) is 4.70. The zero-order chi connectivity index (χ0) is 15.7. The molecule has 0 atom stereocenters. The van der Waals surface area contributed by atoms with E-state index in [9.17, 15) is 4.79 Å². The van der Waals surface area contributed by atoms with Crippen LogP contribution in [0.3, 0.4) is 0 Å². The molecule has 1 aliphatic rings. The minimum Gasteiger partial charge on any atom is -0.269 e. The van der Waals surface area contributed by atoms with Crippen molar-refractivity contribution >= 4 is 0 Å². The van der Waals surface area contributed by atoms with Crippen molar-refractivity contribution in [3.8, 4) is 5.69 Å². The average Bonchev–Trinajstić information content (AvgIpc) is 2.54. The fourth-order valence-corrected chi connectivity index (χ4v) is 3.35. The Morgan fingerprint density at radius 3 is 2.32 bits per heavy atom. The summed E-state index contributed by atoms with van der Waals surface area (Å²) in [5.41, 5.74) is 2.62. The van der Waals surface area contributed by atoms with Crippen molar-refractivity contribution < 1.29 is 0 Å². The lowest BCUT2D eigenvalue weighted by Crippen LogP contribution is -2.29. The first-order chi connectivity index (χ1) is 10.6. The number of rotatable bonds is 2. The van der Waals surface area contributed by atoms with E-state index in [1.165, 1.54) is 12.8 Å². The molecule has 0 unspecified atom stereocenters. The second-order valence-corrected chi connectivity index (χ2v) is 6.61. The predicted molar refractivity (Wildman–Crippen MR) is 89.7 cm³/mol. The SMILES string of the molecule is Cc1nc(C2CCC(C)CC2)n(-c2ccccc2)c(=O)c1C. The van der Waals surface area contributed by atoms with Crippen molar-refractivity contribution in [2.45, 2.75) is 52.4 Å². The third-order valence-corrected chi connectivity index (χ3v) is 4.97. The molecule has 22 heavy (non-hydrogen) atoms. The molecule has 0 saturated heterocycles. The van der Waals surface area contributed by atoms with E-state index >= 15 is 0 Å². The standard InChI is InChI=1S/C19H24N2O/c1-13-9-11-16(12-10-13)18-20-15(3)14(2)19(22)21(18)17-7-5-4-6-8-17/h4-8,13,16H,9-12H2,1-3H3. The van der Waals surface area contributed by atoms with Crippen molar-refractivity contribution in [1.29, 1.82) is 0 Å². The van der Waals surface area contributed by atoms with Crippen molar-refractivity contribution in [3.63, 3.8) is 0 Å². The number of hydrogen-bond acceptors (Lipinski definition) is 2. The molecule has 116 valence electrons. The Morgan fingerprint density at radius 1 is 1.05 bits per heavy atom. The van der Waals surface area contributed by atoms with Crippen LogP contribution in [-0.4, -0.2) is 9.55 Å². The molecule has 2 aromatic rings. The Morgan fingerprint density at radius 2 is 1.68 bits per heavy atom. The molecule has 1 heterocycles. The van der Waals surface area contributed by atoms with E-state index in [1.54, 1.807) is 0 Å². The normalized spacial score (nSPS) is 21.8. The molecular weight excluding hydrogens is 272 g/mol. The highest BCUT2D eigenvalue weighted by Crippen LogP contribution is 2.35. The van der Waals surface area contributed by atoms with Gasteiger partial charge >= 0.3 is 0 Å². The minimum atomic E-state index is 0.0762. The van der Waals surface area contributed by atoms with E-state index < -0.39 is 0 Å². The number of para-hydroxylation sites is 1. The Labute approximate surface area is 132 Å². The highest BCUT2D eigenvalue weighted by Gasteiger charge is 2.25. The van der Waals surface area contributed by atoms with Crippen molar-refractivity contribution in [3.05, 3.63) is 57.8 Å². The van der Waals surface area contributed by atoms with Crippen LogP contribution < -0.4 is 5.56 Å². The van der Waals surface area contributed by atoms with Gasteiger partial charge in [-0.1, -0.05) is 38.0 Å². The second-order valence-electron chi connectivity index (χ2n) is 6.61. The highest BCUT2D eigenvalue weighted by molar-refractivity contribution is 5.35. The van der Waals surface area contributed by atoms with E-state index in [-0.39, 0.29) is 5.56 Å². The second kappa shape index (κ2) is 6.07. The monoisotopic (exact) mass is 296 g/mol. The van der Waals surface area contributed by atoms with Gasteiger partial charge < -0.3 is 0 Å². The average molecular weight is 296 g/mol. The predicted octanol–water partition coefficient (Wildman–Crippen LogP) is 4.14. The Hall–Kier alpha value is -1.90. The van der Waals surface area contributed by atoms with E-state index in [0.717, 1.165) is 41.5 Å². The van der Waals surface area contributed by atoms with Crippen LogP contribution in [0.5, 0.6) is 0 Å². The topological polar surface area (TPSA) is 34.9 Å². The Kier molecular flexibility index (Phi) is 4.14. The Balaban J connectivity index is 2.15. The van der Waals surface area contributed by atoms with Gasteiger partial charge in [0.15, 0.2) is 0 Å². The van der Waals surface area contributed by atoms with Crippen molar-refractivity contribution in [1.82, 2.24) is 9.55 Å². The number of nitrogens with zero attached hydrogens (tertiary/aromatic N) is 2. The molecule has 1 aliphatic carbocycles. The van der Waals surface area contributed by atoms with Gasteiger partial charge in [0.2, 0.25) is 0 Å². The fourth-order valence-electron chi connectivity index (χ4n) is 3.35. The lowest BCUT2D eigenvalue weighted by molar-refractivity contribution is 0.335. The summed E-state index contributed by atoms with van der Waals surface area (Å²) in [5.74, 6) is 2.13. The lowest BCUT2D eigenvalue weighted by atomic mass is 9.82. The summed E-state index contributed by atoms with van der Waals surface area (Å²) in [7, 11) is 0. The van der Waals surface area contributed by atoms with Crippen LogP contribution in [0, 0.1) is 19.8 Å². The molecule has 0 N–H and O–H groups in total. The van der Waals surface area contributed by atoms with Gasteiger partial charge in [0.1, 0.15) is 5.82 Å². The highest BCUT2D eigenvalue weighted by atomic mass is 16.1. The van der Waals surface area contributed by atoms with Crippen LogP contribution in [0.1, 0.15) is 55.6 Å². The van der Waals surface area contributed by atoms with Crippen LogP contribution in [-0.2, 0) is 0 Å². The molecule has 0 bridgehead atoms. The van der Waals surface area contributed by atoms with Gasteiger partial charge in [-0.25, -0.2) is 4.98 Å². The molecule has 3 rings (SSSR count). The first-order valence-corrected chi connectivity index (χ1v) is 8.23.